The number of fused-ring (bicyclic) bond motifs is 2. The van der Waals surface area contributed by atoms with E-state index in [1.165, 1.54) is 0 Å². The Kier molecular flexibility index (Phi) is 5.36. The maximum Gasteiger partial charge on any atom is 0.285 e. The van der Waals surface area contributed by atoms with Crippen LogP contribution in [0.1, 0.15) is 41.5 Å². The van der Waals surface area contributed by atoms with Gasteiger partial charge in [0.1, 0.15) is 0 Å². The lowest BCUT2D eigenvalue weighted by Crippen LogP contribution is -2.56. The second-order valence-corrected chi connectivity index (χ2v) is 9.30. The first kappa shape index (κ1) is 21.8. The van der Waals surface area contributed by atoms with Gasteiger partial charge in [0.25, 0.3) is 11.8 Å². The molecule has 1 fully saturated rings. The van der Waals surface area contributed by atoms with E-state index >= 15 is 0 Å². The topological polar surface area (TPSA) is 28.5 Å². The van der Waals surface area contributed by atoms with Crippen molar-refractivity contribution in [1.29, 1.82) is 0 Å². The van der Waals surface area contributed by atoms with E-state index in [0.717, 1.165) is 43.1 Å². The van der Waals surface area contributed by atoms with Gasteiger partial charge in [0.05, 0.1) is 11.2 Å². The molecule has 0 saturated carbocycles. The molecule has 0 unspecified atom stereocenters. The number of aromatic nitrogens is 1. The number of likely N-dealkylation sites (N-methyl/N-ethyl adjacent to an activating group) is 1. The van der Waals surface area contributed by atoms with Gasteiger partial charge in [-0.1, -0.05) is 48.5 Å². The van der Waals surface area contributed by atoms with Crippen molar-refractivity contribution < 1.29 is 13.6 Å². The molecule has 2 aliphatic heterocycles. The lowest BCUT2D eigenvalue weighted by molar-refractivity contribution is -0.00701. The minimum atomic E-state index is -2.87. The number of nitrogens with zero attached hydrogens (tertiary/aromatic N) is 3. The van der Waals surface area contributed by atoms with E-state index < -0.39 is 5.92 Å². The first-order chi connectivity index (χ1) is 15.8. The fourth-order valence-electron chi connectivity index (χ4n) is 5.58. The summed E-state index contributed by atoms with van der Waals surface area (Å²) in [6.07, 6.45) is 1.45. The molecule has 6 heteroatoms. The van der Waals surface area contributed by atoms with Gasteiger partial charge in [0, 0.05) is 44.4 Å². The molecule has 5 rings (SSSR count). The molecular formula is C27H29F2N3O. The smallest absolute Gasteiger partial charge is 0.285 e. The van der Waals surface area contributed by atoms with Crippen LogP contribution in [0.2, 0.25) is 0 Å². The number of piperidine rings is 1. The Morgan fingerprint density at radius 2 is 1.55 bits per heavy atom. The maximum atomic E-state index is 14.2. The Morgan fingerprint density at radius 3 is 2.24 bits per heavy atom. The minimum Gasteiger partial charge on any atom is -0.340 e. The van der Waals surface area contributed by atoms with Gasteiger partial charge in [-0.2, -0.15) is 0 Å². The fraction of sp³-hybridized carbons (Fsp3) is 0.370. The van der Waals surface area contributed by atoms with Gasteiger partial charge in [0.15, 0.2) is 0 Å². The molecule has 3 heterocycles. The number of carbonyl (C=O) groups is 1. The van der Waals surface area contributed by atoms with E-state index in [-0.39, 0.29) is 17.1 Å². The average Bonchev–Trinajstić information content (AvgIpc) is 3.28. The zero-order valence-corrected chi connectivity index (χ0v) is 19.1. The lowest BCUT2D eigenvalue weighted by Gasteiger charge is -2.50. The van der Waals surface area contributed by atoms with Crippen LogP contribution in [-0.4, -0.2) is 47.0 Å². The number of amides is 1. The van der Waals surface area contributed by atoms with Crippen molar-refractivity contribution in [2.75, 3.05) is 26.7 Å². The number of alkyl halides is 2. The van der Waals surface area contributed by atoms with Gasteiger partial charge in [-0.05, 0) is 49.2 Å². The summed E-state index contributed by atoms with van der Waals surface area (Å²) >= 11 is 0. The molecule has 1 amide bonds. The fourth-order valence-corrected chi connectivity index (χ4v) is 5.58. The number of hydrogen-bond donors (Lipinski definition) is 0. The normalized spacial score (nSPS) is 18.4. The van der Waals surface area contributed by atoms with Gasteiger partial charge < -0.3 is 9.47 Å². The summed E-state index contributed by atoms with van der Waals surface area (Å²) < 4.78 is 30.2. The SMILES string of the molecule is CN1CCn2c(C(C)(F)F)ccc2C12CCN(C(=O)c1ccccc1-c1ccccc1)CC2. The van der Waals surface area contributed by atoms with Crippen LogP contribution < -0.4 is 0 Å². The van der Waals surface area contributed by atoms with E-state index in [1.807, 2.05) is 70.1 Å². The average molecular weight is 450 g/mol. The monoisotopic (exact) mass is 449 g/mol. The number of carbonyl (C=O) groups excluding carboxylic acids is 1. The second kappa shape index (κ2) is 8.10. The largest absolute Gasteiger partial charge is 0.340 e. The Balaban J connectivity index is 1.41. The lowest BCUT2D eigenvalue weighted by atomic mass is 9.81. The molecule has 0 N–H and O–H groups in total. The van der Waals surface area contributed by atoms with Crippen molar-refractivity contribution in [1.82, 2.24) is 14.4 Å². The van der Waals surface area contributed by atoms with Gasteiger partial charge in [0.2, 0.25) is 0 Å². The number of rotatable bonds is 3. The van der Waals surface area contributed by atoms with E-state index in [1.54, 1.807) is 6.07 Å². The summed E-state index contributed by atoms with van der Waals surface area (Å²) in [5.74, 6) is -2.84. The van der Waals surface area contributed by atoms with Crippen molar-refractivity contribution in [2.24, 2.45) is 0 Å². The van der Waals surface area contributed by atoms with Crippen LogP contribution in [-0.2, 0) is 18.0 Å². The molecular weight excluding hydrogens is 420 g/mol. The standard InChI is InChI=1S/C27H29F2N3O/c1-26(28,29)23-12-13-24-27(30(2)18-19-32(23)24)14-16-31(17-15-27)25(33)22-11-7-6-10-21(22)20-8-4-3-5-9-20/h3-13H,14-19H2,1-2H3. The van der Waals surface area contributed by atoms with Crippen LogP contribution in [0.25, 0.3) is 11.1 Å². The third-order valence-corrected chi connectivity index (χ3v) is 7.42. The second-order valence-electron chi connectivity index (χ2n) is 9.30. The van der Waals surface area contributed by atoms with Crippen molar-refractivity contribution >= 4 is 5.91 Å². The third-order valence-electron chi connectivity index (χ3n) is 7.42. The van der Waals surface area contributed by atoms with Crippen molar-refractivity contribution in [3.05, 3.63) is 83.7 Å². The van der Waals surface area contributed by atoms with Gasteiger partial charge in [-0.3, -0.25) is 9.69 Å². The molecule has 0 radical (unpaired) electrons. The highest BCUT2D eigenvalue weighted by Gasteiger charge is 2.46. The van der Waals surface area contributed by atoms with Crippen LogP contribution in [0, 0.1) is 0 Å². The maximum absolute atomic E-state index is 14.2. The first-order valence-electron chi connectivity index (χ1n) is 11.5. The van der Waals surface area contributed by atoms with E-state index in [9.17, 15) is 13.6 Å². The van der Waals surface area contributed by atoms with Crippen LogP contribution >= 0.6 is 0 Å². The van der Waals surface area contributed by atoms with Crippen molar-refractivity contribution in [2.45, 2.75) is 37.8 Å². The summed E-state index contributed by atoms with van der Waals surface area (Å²) in [6, 6.07) is 21.1. The Bertz CT molecular complexity index is 1160. The van der Waals surface area contributed by atoms with Crippen molar-refractivity contribution in [3.63, 3.8) is 0 Å². The molecule has 1 aromatic heterocycles. The first-order valence-corrected chi connectivity index (χ1v) is 11.5. The quantitative estimate of drug-likeness (QED) is 0.540. The summed E-state index contributed by atoms with van der Waals surface area (Å²) in [6.45, 7) is 3.43. The highest BCUT2D eigenvalue weighted by Crippen LogP contribution is 2.43. The molecule has 0 aliphatic carbocycles. The van der Waals surface area contributed by atoms with Crippen molar-refractivity contribution in [3.8, 4) is 11.1 Å². The third kappa shape index (κ3) is 3.66. The van der Waals surface area contributed by atoms with Crippen LogP contribution in [0.3, 0.4) is 0 Å². The molecule has 1 spiro atoms. The number of likely N-dealkylation sites (tertiary alicyclic amines) is 1. The molecule has 0 bridgehead atoms. The zero-order valence-electron chi connectivity index (χ0n) is 19.1. The van der Waals surface area contributed by atoms with Crippen LogP contribution in [0.5, 0.6) is 0 Å². The summed E-state index contributed by atoms with van der Waals surface area (Å²) in [4.78, 5) is 17.7. The number of hydrogen-bond acceptors (Lipinski definition) is 2. The van der Waals surface area contributed by atoms with Crippen LogP contribution in [0.4, 0.5) is 8.78 Å². The predicted octanol–water partition coefficient (Wildman–Crippen LogP) is 5.34. The Morgan fingerprint density at radius 1 is 0.879 bits per heavy atom. The van der Waals surface area contributed by atoms with Crippen LogP contribution in [0.15, 0.2) is 66.7 Å². The summed E-state index contributed by atoms with van der Waals surface area (Å²) in [5.41, 5.74) is 3.37. The highest BCUT2D eigenvalue weighted by molar-refractivity contribution is 6.01. The highest BCUT2D eigenvalue weighted by atomic mass is 19.3. The summed E-state index contributed by atoms with van der Waals surface area (Å²) in [7, 11) is 2.07. The molecule has 4 nitrogen and oxygen atoms in total. The van der Waals surface area contributed by atoms with Gasteiger partial charge >= 0.3 is 0 Å². The van der Waals surface area contributed by atoms with E-state index in [4.69, 9.17) is 0 Å². The Labute approximate surface area is 193 Å². The molecule has 0 atom stereocenters. The van der Waals surface area contributed by atoms with Gasteiger partial charge in [-0.25, -0.2) is 8.78 Å². The summed E-state index contributed by atoms with van der Waals surface area (Å²) in [5, 5.41) is 0. The number of halogens is 2. The van der Waals surface area contributed by atoms with E-state index in [2.05, 4.69) is 11.9 Å². The molecule has 3 aromatic rings. The Hall–Kier alpha value is -2.99. The predicted molar refractivity (Wildman–Crippen MR) is 125 cm³/mol. The molecule has 172 valence electrons. The molecule has 2 aliphatic rings. The van der Waals surface area contributed by atoms with Gasteiger partial charge in [-0.15, -0.1) is 0 Å². The molecule has 1 saturated heterocycles. The number of benzene rings is 2. The van der Waals surface area contributed by atoms with E-state index in [0.29, 0.717) is 25.2 Å². The molecule has 2 aromatic carbocycles. The molecule has 33 heavy (non-hydrogen) atoms. The zero-order chi connectivity index (χ0) is 23.2. The minimum absolute atomic E-state index is 0.0268.